The maximum Gasteiger partial charge on any atom is 0.422 e. The van der Waals surface area contributed by atoms with Gasteiger partial charge in [-0.1, -0.05) is 12.1 Å². The molecule has 0 aliphatic rings. The Bertz CT molecular complexity index is 1080. The number of benzene rings is 1. The minimum absolute atomic E-state index is 0.0197. The molecule has 3 aromatic rings. The van der Waals surface area contributed by atoms with Gasteiger partial charge in [-0.3, -0.25) is 9.19 Å². The lowest BCUT2D eigenvalue weighted by molar-refractivity contribution is -0.153. The molecule has 1 N–H and O–H groups in total. The molecule has 132 valence electrons. The SMILES string of the molecule is [2H]c1c([2H])c([2H])c2[nH]c(S(=O)Cc3nccc(OCC(F)(F)F)c3C)nc2c1[2H]. The Morgan fingerprint density at radius 1 is 1.36 bits per heavy atom. The summed E-state index contributed by atoms with van der Waals surface area (Å²) in [5, 5.41) is -0.0881. The Kier molecular flexibility index (Phi) is 3.52. The van der Waals surface area contributed by atoms with Crippen LogP contribution >= 0.6 is 0 Å². The topological polar surface area (TPSA) is 67.9 Å². The molecule has 0 fully saturated rings. The van der Waals surface area contributed by atoms with Crippen LogP contribution in [-0.2, 0) is 16.6 Å². The normalized spacial score (nSPS) is 15.4. The van der Waals surface area contributed by atoms with Crippen molar-refractivity contribution >= 4 is 21.8 Å². The molecule has 0 aliphatic carbocycles. The number of aromatic nitrogens is 3. The number of rotatable bonds is 5. The van der Waals surface area contributed by atoms with E-state index in [1.54, 1.807) is 0 Å². The number of fused-ring (bicyclic) bond motifs is 1. The predicted molar refractivity (Wildman–Crippen MR) is 86.7 cm³/mol. The average Bonchev–Trinajstić information content (AvgIpc) is 3.10. The summed E-state index contributed by atoms with van der Waals surface area (Å²) < 4.78 is 85.7. The van der Waals surface area contributed by atoms with Crippen molar-refractivity contribution in [2.45, 2.75) is 24.0 Å². The number of halogens is 3. The van der Waals surface area contributed by atoms with Crippen molar-refractivity contribution in [1.29, 1.82) is 0 Å². The molecule has 0 spiro atoms. The minimum atomic E-state index is -4.50. The van der Waals surface area contributed by atoms with E-state index in [0.717, 1.165) is 0 Å². The molecule has 2 heterocycles. The lowest BCUT2D eigenvalue weighted by Crippen LogP contribution is -2.19. The largest absolute Gasteiger partial charge is 0.484 e. The van der Waals surface area contributed by atoms with Gasteiger partial charge in [-0.15, -0.1) is 0 Å². The van der Waals surface area contributed by atoms with Crippen molar-refractivity contribution in [1.82, 2.24) is 15.0 Å². The van der Waals surface area contributed by atoms with Crippen LogP contribution in [0, 0.1) is 6.92 Å². The molecule has 1 atom stereocenters. The quantitative estimate of drug-likeness (QED) is 0.743. The molecule has 0 aliphatic heterocycles. The molecular weight excluding hydrogens is 355 g/mol. The Morgan fingerprint density at radius 2 is 2.12 bits per heavy atom. The van der Waals surface area contributed by atoms with Crippen LogP contribution in [0.2, 0.25) is 0 Å². The molecular formula is C16H14F3N3O2S. The minimum Gasteiger partial charge on any atom is -0.484 e. The van der Waals surface area contributed by atoms with Gasteiger partial charge >= 0.3 is 6.18 Å². The van der Waals surface area contributed by atoms with Crippen molar-refractivity contribution in [3.05, 3.63) is 47.7 Å². The first-order valence-electron chi connectivity index (χ1n) is 8.98. The van der Waals surface area contributed by atoms with E-state index in [2.05, 4.69) is 15.0 Å². The van der Waals surface area contributed by atoms with Crippen LogP contribution in [0.15, 0.2) is 41.6 Å². The highest BCUT2D eigenvalue weighted by molar-refractivity contribution is 7.84. The highest BCUT2D eigenvalue weighted by atomic mass is 32.2. The van der Waals surface area contributed by atoms with E-state index in [1.165, 1.54) is 19.2 Å². The molecule has 3 rings (SSSR count). The highest BCUT2D eigenvalue weighted by Gasteiger charge is 2.29. The number of imidazole rings is 1. The molecule has 0 saturated carbocycles. The first kappa shape index (κ1) is 12.9. The fourth-order valence-electron chi connectivity index (χ4n) is 2.04. The number of hydrogen-bond donors (Lipinski definition) is 1. The van der Waals surface area contributed by atoms with Gasteiger partial charge in [-0.25, -0.2) is 4.98 Å². The predicted octanol–water partition coefficient (Wildman–Crippen LogP) is 3.52. The van der Waals surface area contributed by atoms with Gasteiger partial charge in [0.25, 0.3) is 0 Å². The van der Waals surface area contributed by atoms with Crippen molar-refractivity contribution < 1.29 is 27.6 Å². The molecule has 1 unspecified atom stereocenters. The Hall–Kier alpha value is -2.42. The number of alkyl halides is 3. The second-order valence-electron chi connectivity index (χ2n) is 5.04. The van der Waals surface area contributed by atoms with E-state index >= 15 is 0 Å². The molecule has 25 heavy (non-hydrogen) atoms. The lowest BCUT2D eigenvalue weighted by atomic mass is 10.2. The van der Waals surface area contributed by atoms with Crippen LogP contribution in [0.4, 0.5) is 13.2 Å². The molecule has 0 radical (unpaired) electrons. The zero-order chi connectivity index (χ0) is 21.5. The van der Waals surface area contributed by atoms with Crippen molar-refractivity contribution in [3.8, 4) is 5.75 Å². The summed E-state index contributed by atoms with van der Waals surface area (Å²) >= 11 is 0. The zero-order valence-electron chi connectivity index (χ0n) is 16.8. The summed E-state index contributed by atoms with van der Waals surface area (Å²) in [7, 11) is -1.83. The summed E-state index contributed by atoms with van der Waals surface area (Å²) in [4.78, 5) is 10.7. The van der Waals surface area contributed by atoms with Crippen molar-refractivity contribution in [3.63, 3.8) is 0 Å². The van der Waals surface area contributed by atoms with E-state index in [-0.39, 0.29) is 45.5 Å². The van der Waals surface area contributed by atoms with Crippen LogP contribution in [0.1, 0.15) is 16.7 Å². The van der Waals surface area contributed by atoms with Crippen LogP contribution in [0.25, 0.3) is 11.0 Å². The number of para-hydroxylation sites is 2. The summed E-state index contributed by atoms with van der Waals surface area (Å²) in [6.45, 7) is 0.0276. The number of nitrogens with one attached hydrogen (secondary N) is 1. The first-order chi connectivity index (χ1) is 13.5. The maximum atomic E-state index is 12.7. The highest BCUT2D eigenvalue weighted by Crippen LogP contribution is 2.24. The number of pyridine rings is 1. The van der Waals surface area contributed by atoms with Crippen LogP contribution in [-0.4, -0.2) is 31.9 Å². The van der Waals surface area contributed by atoms with Gasteiger partial charge in [0.2, 0.25) is 0 Å². The maximum absolute atomic E-state index is 12.7. The van der Waals surface area contributed by atoms with Gasteiger partial charge in [-0.2, -0.15) is 13.2 Å². The first-order valence-corrected chi connectivity index (χ1v) is 8.30. The molecule has 5 nitrogen and oxygen atoms in total. The van der Waals surface area contributed by atoms with Crippen molar-refractivity contribution in [2.75, 3.05) is 6.61 Å². The van der Waals surface area contributed by atoms with E-state index in [0.29, 0.717) is 5.56 Å². The Labute approximate surface area is 149 Å². The van der Waals surface area contributed by atoms with E-state index in [9.17, 15) is 17.4 Å². The molecule has 0 saturated heterocycles. The van der Waals surface area contributed by atoms with E-state index < -0.39 is 35.7 Å². The standard InChI is InChI=1S/C16H14F3N3O2S/c1-10-13(20-7-6-14(10)24-9-16(17,18)19)8-25(23)15-21-11-4-2-3-5-12(11)22-15/h2-7H,8-9H2,1H3,(H,21,22)/i2D,3D,4D,5D. The second-order valence-corrected chi connectivity index (χ2v) is 6.41. The van der Waals surface area contributed by atoms with Crippen LogP contribution < -0.4 is 4.74 Å². The summed E-state index contributed by atoms with van der Waals surface area (Å²) in [5.41, 5.74) is 0.506. The van der Waals surface area contributed by atoms with Crippen LogP contribution in [0.3, 0.4) is 0 Å². The number of nitrogens with zero attached hydrogens (tertiary/aromatic N) is 2. The number of ether oxygens (including phenoxy) is 1. The Balaban J connectivity index is 1.89. The van der Waals surface area contributed by atoms with Gasteiger partial charge < -0.3 is 9.72 Å². The van der Waals surface area contributed by atoms with Crippen molar-refractivity contribution in [2.24, 2.45) is 0 Å². The zero-order valence-corrected chi connectivity index (χ0v) is 13.6. The van der Waals surface area contributed by atoms with Gasteiger partial charge in [0.05, 0.1) is 38.8 Å². The Morgan fingerprint density at radius 3 is 2.88 bits per heavy atom. The lowest BCUT2D eigenvalue weighted by Gasteiger charge is -2.13. The number of hydrogen-bond acceptors (Lipinski definition) is 4. The van der Waals surface area contributed by atoms with E-state index in [1.807, 2.05) is 0 Å². The number of H-pyrrole nitrogens is 1. The van der Waals surface area contributed by atoms with E-state index in [4.69, 9.17) is 10.2 Å². The second kappa shape index (κ2) is 6.83. The number of aromatic amines is 1. The third-order valence-electron chi connectivity index (χ3n) is 3.25. The fraction of sp³-hybridized carbons (Fsp3) is 0.250. The molecule has 0 amide bonds. The average molecular weight is 373 g/mol. The van der Waals surface area contributed by atoms with Gasteiger partial charge in [0.15, 0.2) is 11.8 Å². The third-order valence-corrected chi connectivity index (χ3v) is 4.41. The molecule has 1 aromatic carbocycles. The fourth-order valence-corrected chi connectivity index (χ4v) is 3.12. The molecule has 0 bridgehead atoms. The molecule has 9 heteroatoms. The van der Waals surface area contributed by atoms with Gasteiger partial charge in [-0.05, 0) is 25.1 Å². The smallest absolute Gasteiger partial charge is 0.422 e. The monoisotopic (exact) mass is 373 g/mol. The third kappa shape index (κ3) is 4.16. The summed E-state index contributed by atoms with van der Waals surface area (Å²) in [5.74, 6) is -0.231. The molecule has 2 aromatic heterocycles. The summed E-state index contributed by atoms with van der Waals surface area (Å²) in [6, 6.07) is -0.335. The van der Waals surface area contributed by atoms with Gasteiger partial charge in [0, 0.05) is 11.8 Å². The van der Waals surface area contributed by atoms with Gasteiger partial charge in [0.1, 0.15) is 5.75 Å². The summed E-state index contributed by atoms with van der Waals surface area (Å²) in [6.07, 6.45) is -3.26. The van der Waals surface area contributed by atoms with Crippen LogP contribution in [0.5, 0.6) is 5.75 Å².